The van der Waals surface area contributed by atoms with Crippen LogP contribution < -0.4 is 5.32 Å². The molecule has 0 bridgehead atoms. The standard InChI is InChI=1S/C17H19BrClN/c1-3-10-20-17(13-6-4-12(2)5-7-13)15-11-14(19)8-9-16(15)18/h4-9,11,17,20H,3,10H2,1-2H3. The molecular weight excluding hydrogens is 334 g/mol. The summed E-state index contributed by atoms with van der Waals surface area (Å²) < 4.78 is 1.08. The van der Waals surface area contributed by atoms with Gasteiger partial charge in [-0.3, -0.25) is 0 Å². The van der Waals surface area contributed by atoms with Crippen molar-refractivity contribution in [2.24, 2.45) is 0 Å². The van der Waals surface area contributed by atoms with E-state index in [2.05, 4.69) is 59.4 Å². The lowest BCUT2D eigenvalue weighted by Gasteiger charge is -2.21. The van der Waals surface area contributed by atoms with E-state index in [0.29, 0.717) is 0 Å². The fourth-order valence-corrected chi connectivity index (χ4v) is 2.85. The molecule has 0 fully saturated rings. The summed E-state index contributed by atoms with van der Waals surface area (Å²) in [7, 11) is 0. The molecule has 20 heavy (non-hydrogen) atoms. The van der Waals surface area contributed by atoms with Gasteiger partial charge in [0.15, 0.2) is 0 Å². The van der Waals surface area contributed by atoms with E-state index in [4.69, 9.17) is 11.6 Å². The van der Waals surface area contributed by atoms with Gasteiger partial charge in [0.1, 0.15) is 0 Å². The number of rotatable bonds is 5. The highest BCUT2D eigenvalue weighted by Gasteiger charge is 2.16. The van der Waals surface area contributed by atoms with Crippen molar-refractivity contribution in [3.05, 3.63) is 68.7 Å². The van der Waals surface area contributed by atoms with Crippen molar-refractivity contribution in [1.29, 1.82) is 0 Å². The normalized spacial score (nSPS) is 12.4. The molecule has 1 unspecified atom stereocenters. The number of aryl methyl sites for hydroxylation is 1. The zero-order valence-corrected chi connectivity index (χ0v) is 14.1. The minimum atomic E-state index is 0.156. The predicted octanol–water partition coefficient (Wildman–Crippen LogP) is 5.50. The minimum Gasteiger partial charge on any atom is -0.306 e. The zero-order valence-electron chi connectivity index (χ0n) is 11.8. The molecule has 3 heteroatoms. The van der Waals surface area contributed by atoms with E-state index in [1.165, 1.54) is 16.7 Å². The molecule has 0 radical (unpaired) electrons. The van der Waals surface area contributed by atoms with Crippen LogP contribution in [-0.4, -0.2) is 6.54 Å². The van der Waals surface area contributed by atoms with Gasteiger partial charge in [0.2, 0.25) is 0 Å². The molecule has 0 aromatic heterocycles. The largest absolute Gasteiger partial charge is 0.306 e. The monoisotopic (exact) mass is 351 g/mol. The van der Waals surface area contributed by atoms with E-state index in [0.717, 1.165) is 22.5 Å². The summed E-state index contributed by atoms with van der Waals surface area (Å²) in [4.78, 5) is 0. The molecule has 0 saturated heterocycles. The molecule has 1 atom stereocenters. The van der Waals surface area contributed by atoms with E-state index in [-0.39, 0.29) is 6.04 Å². The smallest absolute Gasteiger partial charge is 0.0588 e. The second kappa shape index (κ2) is 7.26. The molecule has 2 aromatic carbocycles. The van der Waals surface area contributed by atoms with Gasteiger partial charge < -0.3 is 5.32 Å². The third-order valence-electron chi connectivity index (χ3n) is 3.28. The molecule has 2 aromatic rings. The first kappa shape index (κ1) is 15.6. The van der Waals surface area contributed by atoms with E-state index >= 15 is 0 Å². The molecule has 1 nitrogen and oxygen atoms in total. The Balaban J connectivity index is 2.41. The lowest BCUT2D eigenvalue weighted by molar-refractivity contribution is 0.597. The van der Waals surface area contributed by atoms with Gasteiger partial charge in [-0.05, 0) is 49.2 Å². The fourth-order valence-electron chi connectivity index (χ4n) is 2.19. The Morgan fingerprint density at radius 1 is 1.15 bits per heavy atom. The van der Waals surface area contributed by atoms with Gasteiger partial charge in [0.25, 0.3) is 0 Å². The van der Waals surface area contributed by atoms with Crippen LogP contribution in [0.3, 0.4) is 0 Å². The molecule has 0 amide bonds. The second-order valence-corrected chi connectivity index (χ2v) is 6.25. The number of halogens is 2. The van der Waals surface area contributed by atoms with E-state index in [9.17, 15) is 0 Å². The van der Waals surface area contributed by atoms with Crippen molar-refractivity contribution >= 4 is 27.5 Å². The molecule has 0 saturated carbocycles. The Morgan fingerprint density at radius 2 is 1.85 bits per heavy atom. The van der Waals surface area contributed by atoms with Crippen molar-refractivity contribution in [2.45, 2.75) is 26.3 Å². The summed E-state index contributed by atoms with van der Waals surface area (Å²) in [5.41, 5.74) is 3.70. The highest BCUT2D eigenvalue weighted by Crippen LogP contribution is 2.31. The quantitative estimate of drug-likeness (QED) is 0.749. The minimum absolute atomic E-state index is 0.156. The fraction of sp³-hybridized carbons (Fsp3) is 0.294. The van der Waals surface area contributed by atoms with Gasteiger partial charge in [-0.25, -0.2) is 0 Å². The van der Waals surface area contributed by atoms with Gasteiger partial charge in [-0.15, -0.1) is 0 Å². The lowest BCUT2D eigenvalue weighted by Crippen LogP contribution is -2.23. The van der Waals surface area contributed by atoms with Crippen LogP contribution in [0.25, 0.3) is 0 Å². The van der Waals surface area contributed by atoms with Crippen molar-refractivity contribution < 1.29 is 0 Å². The van der Waals surface area contributed by atoms with Crippen LogP contribution in [0, 0.1) is 6.92 Å². The predicted molar refractivity (Wildman–Crippen MR) is 90.5 cm³/mol. The third-order valence-corrected chi connectivity index (χ3v) is 4.24. The van der Waals surface area contributed by atoms with Crippen LogP contribution in [0.1, 0.15) is 36.1 Å². The van der Waals surface area contributed by atoms with Gasteiger partial charge in [-0.2, -0.15) is 0 Å². The van der Waals surface area contributed by atoms with E-state index in [1.54, 1.807) is 0 Å². The topological polar surface area (TPSA) is 12.0 Å². The van der Waals surface area contributed by atoms with Crippen molar-refractivity contribution in [3.63, 3.8) is 0 Å². The number of hydrogen-bond acceptors (Lipinski definition) is 1. The lowest BCUT2D eigenvalue weighted by atomic mass is 9.97. The number of benzene rings is 2. The first-order valence-electron chi connectivity index (χ1n) is 6.86. The SMILES string of the molecule is CCCNC(c1ccc(C)cc1)c1cc(Cl)ccc1Br. The van der Waals surface area contributed by atoms with Crippen LogP contribution >= 0.6 is 27.5 Å². The van der Waals surface area contributed by atoms with Gasteiger partial charge in [0, 0.05) is 9.50 Å². The average molecular weight is 353 g/mol. The summed E-state index contributed by atoms with van der Waals surface area (Å²) in [6.45, 7) is 5.25. The van der Waals surface area contributed by atoms with E-state index < -0.39 is 0 Å². The molecule has 0 aliphatic rings. The Bertz CT molecular complexity index is 566. The molecule has 0 spiro atoms. The average Bonchev–Trinajstić information content (AvgIpc) is 2.44. The first-order chi connectivity index (χ1) is 9.61. The highest BCUT2D eigenvalue weighted by molar-refractivity contribution is 9.10. The highest BCUT2D eigenvalue weighted by atomic mass is 79.9. The maximum absolute atomic E-state index is 6.16. The van der Waals surface area contributed by atoms with Crippen LogP contribution in [0.4, 0.5) is 0 Å². The Hall–Kier alpha value is -0.830. The van der Waals surface area contributed by atoms with Crippen molar-refractivity contribution in [1.82, 2.24) is 5.32 Å². The molecule has 106 valence electrons. The van der Waals surface area contributed by atoms with Gasteiger partial charge in [0.05, 0.1) is 6.04 Å². The van der Waals surface area contributed by atoms with Crippen LogP contribution in [0.2, 0.25) is 5.02 Å². The van der Waals surface area contributed by atoms with Gasteiger partial charge >= 0.3 is 0 Å². The molecular formula is C17H19BrClN. The van der Waals surface area contributed by atoms with Crippen LogP contribution in [0.5, 0.6) is 0 Å². The summed E-state index contributed by atoms with van der Waals surface area (Å²) in [6.07, 6.45) is 1.10. The summed E-state index contributed by atoms with van der Waals surface area (Å²) >= 11 is 9.80. The van der Waals surface area contributed by atoms with Crippen molar-refractivity contribution in [3.8, 4) is 0 Å². The molecule has 2 rings (SSSR count). The van der Waals surface area contributed by atoms with Crippen LogP contribution in [0.15, 0.2) is 46.9 Å². The second-order valence-electron chi connectivity index (χ2n) is 4.96. The summed E-state index contributed by atoms with van der Waals surface area (Å²) in [5, 5.41) is 4.36. The maximum atomic E-state index is 6.16. The summed E-state index contributed by atoms with van der Waals surface area (Å²) in [5.74, 6) is 0. The molecule has 0 heterocycles. The van der Waals surface area contributed by atoms with Gasteiger partial charge in [-0.1, -0.05) is 64.3 Å². The maximum Gasteiger partial charge on any atom is 0.0588 e. The number of nitrogens with one attached hydrogen (secondary N) is 1. The van der Waals surface area contributed by atoms with E-state index in [1.807, 2.05) is 18.2 Å². The number of hydrogen-bond donors (Lipinski definition) is 1. The first-order valence-corrected chi connectivity index (χ1v) is 8.04. The molecule has 1 N–H and O–H groups in total. The zero-order chi connectivity index (χ0) is 14.5. The van der Waals surface area contributed by atoms with Crippen LogP contribution in [-0.2, 0) is 0 Å². The molecule has 0 aliphatic heterocycles. The Labute approximate surface area is 134 Å². The summed E-state index contributed by atoms with van der Waals surface area (Å²) in [6, 6.07) is 14.7. The molecule has 0 aliphatic carbocycles. The van der Waals surface area contributed by atoms with Crippen molar-refractivity contribution in [2.75, 3.05) is 6.54 Å². The Morgan fingerprint density at radius 3 is 2.50 bits per heavy atom. The Kier molecular flexibility index (Phi) is 5.64. The third kappa shape index (κ3) is 3.85.